The smallest absolute Gasteiger partial charge is 0.305 e. The lowest BCUT2D eigenvalue weighted by molar-refractivity contribution is -0.308. The molecule has 2 aliphatic rings. The lowest BCUT2D eigenvalue weighted by atomic mass is 9.52. The summed E-state index contributed by atoms with van der Waals surface area (Å²) < 4.78 is 4.80. The molecule has 2 aliphatic carbocycles. The number of carbonyl (C=O) groups excluding carboxylic acids is 2. The monoisotopic (exact) mass is 360 g/mol. The fourth-order valence-corrected chi connectivity index (χ4v) is 4.71. The minimum atomic E-state index is -1.11. The SMILES string of the molecule is C=CC1=C(C)C(=O)C=C2[C@]1(OO)CC[C@H](C(=C)C)[C@@]2(C)CCC(=O)OC. The van der Waals surface area contributed by atoms with Gasteiger partial charge in [0, 0.05) is 12.0 Å². The molecule has 1 fully saturated rings. The summed E-state index contributed by atoms with van der Waals surface area (Å²) in [6.07, 6.45) is 5.03. The van der Waals surface area contributed by atoms with Crippen molar-refractivity contribution in [3.63, 3.8) is 0 Å². The molecule has 142 valence electrons. The molecule has 0 amide bonds. The summed E-state index contributed by atoms with van der Waals surface area (Å²) in [7, 11) is 1.36. The van der Waals surface area contributed by atoms with E-state index in [1.165, 1.54) is 7.11 Å². The van der Waals surface area contributed by atoms with Gasteiger partial charge < -0.3 is 4.74 Å². The van der Waals surface area contributed by atoms with Crippen molar-refractivity contribution in [1.29, 1.82) is 0 Å². The van der Waals surface area contributed by atoms with Crippen molar-refractivity contribution in [3.8, 4) is 0 Å². The number of esters is 1. The van der Waals surface area contributed by atoms with Gasteiger partial charge in [-0.15, -0.1) is 0 Å². The molecule has 0 bridgehead atoms. The number of hydrogen-bond acceptors (Lipinski definition) is 5. The van der Waals surface area contributed by atoms with Crippen LogP contribution in [-0.4, -0.2) is 29.7 Å². The Morgan fingerprint density at radius 1 is 1.50 bits per heavy atom. The Balaban J connectivity index is 2.63. The number of carbonyl (C=O) groups is 2. The molecular weight excluding hydrogens is 332 g/mol. The molecule has 0 spiro atoms. The van der Waals surface area contributed by atoms with Crippen LogP contribution in [0.4, 0.5) is 0 Å². The van der Waals surface area contributed by atoms with E-state index in [0.29, 0.717) is 36.0 Å². The van der Waals surface area contributed by atoms with E-state index < -0.39 is 11.0 Å². The number of ketones is 1. The second-order valence-electron chi connectivity index (χ2n) is 7.51. The van der Waals surface area contributed by atoms with Crippen LogP contribution < -0.4 is 0 Å². The van der Waals surface area contributed by atoms with Gasteiger partial charge in [-0.05, 0) is 61.7 Å². The van der Waals surface area contributed by atoms with Gasteiger partial charge in [0.25, 0.3) is 0 Å². The Bertz CT molecular complexity index is 714. The number of rotatable bonds is 6. The van der Waals surface area contributed by atoms with Crippen LogP contribution in [0.15, 0.2) is 47.6 Å². The minimum absolute atomic E-state index is 0.0546. The molecule has 0 aromatic heterocycles. The zero-order valence-corrected chi connectivity index (χ0v) is 16.1. The second kappa shape index (κ2) is 7.33. The Morgan fingerprint density at radius 3 is 2.65 bits per heavy atom. The second-order valence-corrected chi connectivity index (χ2v) is 7.51. The van der Waals surface area contributed by atoms with E-state index in [0.717, 1.165) is 5.57 Å². The molecule has 3 atom stereocenters. The maximum Gasteiger partial charge on any atom is 0.305 e. The van der Waals surface area contributed by atoms with Gasteiger partial charge in [-0.1, -0.05) is 31.7 Å². The van der Waals surface area contributed by atoms with E-state index in [4.69, 9.17) is 9.62 Å². The molecule has 0 aliphatic heterocycles. The first kappa shape index (κ1) is 20.3. The Hall–Kier alpha value is -1.98. The van der Waals surface area contributed by atoms with Crippen molar-refractivity contribution in [2.24, 2.45) is 11.3 Å². The fourth-order valence-electron chi connectivity index (χ4n) is 4.71. The Morgan fingerprint density at radius 2 is 2.15 bits per heavy atom. The van der Waals surface area contributed by atoms with Crippen molar-refractivity contribution in [2.75, 3.05) is 7.11 Å². The molecule has 0 aromatic rings. The predicted molar refractivity (Wildman–Crippen MR) is 99.3 cm³/mol. The van der Waals surface area contributed by atoms with E-state index >= 15 is 0 Å². The largest absolute Gasteiger partial charge is 0.469 e. The highest BCUT2D eigenvalue weighted by molar-refractivity contribution is 6.07. The molecule has 0 radical (unpaired) electrons. The van der Waals surface area contributed by atoms with Crippen molar-refractivity contribution in [3.05, 3.63) is 47.6 Å². The number of hydrogen-bond donors (Lipinski definition) is 1. The standard InChI is InChI=1S/C21H28O5/c1-7-15-14(4)17(22)12-18-20(5,10-9-19(23)25-6)16(13(2)3)8-11-21(15,18)26-24/h7,12,16,24H,1-2,8-11H2,3-6H3/t16-,20-,21+/m1/s1. The van der Waals surface area contributed by atoms with Gasteiger partial charge in [0.2, 0.25) is 0 Å². The zero-order valence-electron chi connectivity index (χ0n) is 16.1. The number of methoxy groups -OCH3 is 1. The average Bonchev–Trinajstić information content (AvgIpc) is 2.61. The highest BCUT2D eigenvalue weighted by Gasteiger charge is 2.56. The summed E-state index contributed by atoms with van der Waals surface area (Å²) in [4.78, 5) is 29.5. The van der Waals surface area contributed by atoms with Crippen molar-refractivity contribution in [1.82, 2.24) is 0 Å². The van der Waals surface area contributed by atoms with Gasteiger partial charge in [-0.2, -0.15) is 0 Å². The highest BCUT2D eigenvalue weighted by atomic mass is 17.1. The summed E-state index contributed by atoms with van der Waals surface area (Å²) >= 11 is 0. The minimum Gasteiger partial charge on any atom is -0.469 e. The molecule has 0 heterocycles. The molecule has 0 saturated heterocycles. The van der Waals surface area contributed by atoms with Gasteiger partial charge in [-0.3, -0.25) is 14.8 Å². The first-order valence-electron chi connectivity index (χ1n) is 8.83. The third-order valence-electron chi connectivity index (χ3n) is 6.12. The molecule has 1 saturated carbocycles. The average molecular weight is 360 g/mol. The Labute approximate surface area is 155 Å². The normalized spacial score (nSPS) is 31.2. The highest BCUT2D eigenvalue weighted by Crippen LogP contribution is 2.59. The van der Waals surface area contributed by atoms with E-state index in [9.17, 15) is 14.8 Å². The van der Waals surface area contributed by atoms with E-state index in [1.807, 2.05) is 13.8 Å². The van der Waals surface area contributed by atoms with Gasteiger partial charge in [-0.25, -0.2) is 4.89 Å². The summed E-state index contributed by atoms with van der Waals surface area (Å²) in [5.74, 6) is -0.389. The fraction of sp³-hybridized carbons (Fsp3) is 0.524. The molecule has 2 rings (SSSR count). The van der Waals surface area contributed by atoms with Crippen LogP contribution in [0.2, 0.25) is 0 Å². The summed E-state index contributed by atoms with van der Waals surface area (Å²) in [6.45, 7) is 13.6. The maximum atomic E-state index is 12.6. The van der Waals surface area contributed by atoms with Gasteiger partial charge in [0.15, 0.2) is 11.4 Å². The van der Waals surface area contributed by atoms with Crippen LogP contribution in [0.1, 0.15) is 46.5 Å². The van der Waals surface area contributed by atoms with E-state index in [2.05, 4.69) is 13.2 Å². The molecule has 1 N–H and O–H groups in total. The third-order valence-corrected chi connectivity index (χ3v) is 6.12. The van der Waals surface area contributed by atoms with Crippen LogP contribution >= 0.6 is 0 Å². The van der Waals surface area contributed by atoms with Crippen LogP contribution in [0, 0.1) is 11.3 Å². The third kappa shape index (κ3) is 2.99. The van der Waals surface area contributed by atoms with Gasteiger partial charge >= 0.3 is 5.97 Å². The zero-order chi connectivity index (χ0) is 19.7. The van der Waals surface area contributed by atoms with E-state index in [1.54, 1.807) is 19.1 Å². The summed E-state index contributed by atoms with van der Waals surface area (Å²) in [5, 5.41) is 9.92. The van der Waals surface area contributed by atoms with Crippen LogP contribution in [0.3, 0.4) is 0 Å². The molecule has 5 heteroatoms. The first-order valence-corrected chi connectivity index (χ1v) is 8.83. The van der Waals surface area contributed by atoms with Gasteiger partial charge in [0.1, 0.15) is 0 Å². The van der Waals surface area contributed by atoms with Crippen LogP contribution in [0.5, 0.6) is 0 Å². The van der Waals surface area contributed by atoms with Crippen molar-refractivity contribution >= 4 is 11.8 Å². The molecule has 26 heavy (non-hydrogen) atoms. The number of ether oxygens (including phenoxy) is 1. The molecule has 5 nitrogen and oxygen atoms in total. The number of fused-ring (bicyclic) bond motifs is 1. The summed E-state index contributed by atoms with van der Waals surface area (Å²) in [6, 6.07) is 0. The van der Waals surface area contributed by atoms with Gasteiger partial charge in [0.05, 0.1) is 7.11 Å². The maximum absolute atomic E-state index is 12.6. The molecule has 0 unspecified atom stereocenters. The molecular formula is C21H28O5. The first-order chi connectivity index (χ1) is 12.2. The Kier molecular flexibility index (Phi) is 5.73. The molecule has 0 aromatic carbocycles. The van der Waals surface area contributed by atoms with E-state index in [-0.39, 0.29) is 24.1 Å². The van der Waals surface area contributed by atoms with Crippen LogP contribution in [0.25, 0.3) is 0 Å². The number of allylic oxidation sites excluding steroid dienone is 3. The predicted octanol–water partition coefficient (Wildman–Crippen LogP) is 4.17. The summed E-state index contributed by atoms with van der Waals surface area (Å²) in [5.41, 5.74) is 1.07. The van der Waals surface area contributed by atoms with Crippen molar-refractivity contribution in [2.45, 2.75) is 52.1 Å². The van der Waals surface area contributed by atoms with Crippen molar-refractivity contribution < 1.29 is 24.5 Å². The topological polar surface area (TPSA) is 72.8 Å². The lowest BCUT2D eigenvalue weighted by Gasteiger charge is -2.53. The van der Waals surface area contributed by atoms with Crippen LogP contribution in [-0.2, 0) is 19.2 Å². The quantitative estimate of drug-likeness (QED) is 0.333. The lowest BCUT2D eigenvalue weighted by Crippen LogP contribution is -2.52.